The summed E-state index contributed by atoms with van der Waals surface area (Å²) < 4.78 is 20.1. The third-order valence-electron chi connectivity index (χ3n) is 5.15. The van der Waals surface area contributed by atoms with E-state index in [-0.39, 0.29) is 6.54 Å². The predicted octanol–water partition coefficient (Wildman–Crippen LogP) is 1.97. The summed E-state index contributed by atoms with van der Waals surface area (Å²) in [4.78, 5) is 30.6. The Morgan fingerprint density at radius 1 is 1.06 bits per heavy atom. The summed E-state index contributed by atoms with van der Waals surface area (Å²) in [5.74, 6) is 8.07. The number of imidazole rings is 1. The predicted molar refractivity (Wildman–Crippen MR) is 118 cm³/mol. The second kappa shape index (κ2) is 8.51. The monoisotopic (exact) mass is 434 g/mol. The number of hydrogen-bond donors (Lipinski definition) is 0. The van der Waals surface area contributed by atoms with E-state index in [1.165, 1.54) is 10.8 Å². The van der Waals surface area contributed by atoms with E-state index in [1.54, 1.807) is 56.2 Å². The molecule has 0 spiro atoms. The van der Waals surface area contributed by atoms with Gasteiger partial charge in [0.1, 0.15) is 5.76 Å². The van der Waals surface area contributed by atoms with Gasteiger partial charge in [0.05, 0.1) is 27.0 Å². The van der Waals surface area contributed by atoms with E-state index >= 15 is 0 Å². The Bertz CT molecular complexity index is 1460. The molecule has 0 atom stereocenters. The molecule has 0 fully saturated rings. The largest absolute Gasteiger partial charge is 0.493 e. The third-order valence-corrected chi connectivity index (χ3v) is 5.15. The molecule has 32 heavy (non-hydrogen) atoms. The van der Waals surface area contributed by atoms with Gasteiger partial charge in [0.15, 0.2) is 28.5 Å². The van der Waals surface area contributed by atoms with Crippen LogP contribution in [0.3, 0.4) is 0 Å². The third kappa shape index (κ3) is 3.56. The molecule has 1 aromatic carbocycles. The minimum absolute atomic E-state index is 0.0401. The van der Waals surface area contributed by atoms with Gasteiger partial charge in [0, 0.05) is 19.2 Å². The number of nitrogens with zero attached hydrogens (tertiary/aromatic N) is 4. The molecule has 0 aliphatic carbocycles. The van der Waals surface area contributed by atoms with Crippen molar-refractivity contribution in [1.82, 2.24) is 18.7 Å². The second-order valence-electron chi connectivity index (χ2n) is 6.98. The van der Waals surface area contributed by atoms with Crippen molar-refractivity contribution >= 4 is 11.2 Å². The molecule has 0 bridgehead atoms. The lowest BCUT2D eigenvalue weighted by molar-refractivity contribution is 0.355. The average molecular weight is 434 g/mol. The quantitative estimate of drug-likeness (QED) is 0.446. The van der Waals surface area contributed by atoms with E-state index in [2.05, 4.69) is 16.8 Å². The zero-order chi connectivity index (χ0) is 22.8. The van der Waals surface area contributed by atoms with Gasteiger partial charge in [-0.25, -0.2) is 9.78 Å². The highest BCUT2D eigenvalue weighted by atomic mass is 16.5. The maximum atomic E-state index is 13.2. The average Bonchev–Trinajstić information content (AvgIpc) is 3.43. The summed E-state index contributed by atoms with van der Waals surface area (Å²) in [5.41, 5.74) is 0.406. The Kier molecular flexibility index (Phi) is 5.60. The smallest absolute Gasteiger partial charge is 0.333 e. The zero-order valence-electron chi connectivity index (χ0n) is 18.2. The number of hydrogen-bond acceptors (Lipinski definition) is 6. The van der Waals surface area contributed by atoms with Crippen LogP contribution in [0.2, 0.25) is 0 Å². The van der Waals surface area contributed by atoms with Crippen molar-refractivity contribution in [3.63, 3.8) is 0 Å². The number of aromatic nitrogens is 4. The van der Waals surface area contributed by atoms with Gasteiger partial charge in [-0.3, -0.25) is 13.9 Å². The summed E-state index contributed by atoms with van der Waals surface area (Å²) in [7, 11) is 4.82. The van der Waals surface area contributed by atoms with Crippen molar-refractivity contribution in [2.75, 3.05) is 14.2 Å². The summed E-state index contributed by atoms with van der Waals surface area (Å²) in [6.45, 7) is 2.22. The number of fused-ring (bicyclic) bond motifs is 1. The highest BCUT2D eigenvalue weighted by Crippen LogP contribution is 2.27. The minimum atomic E-state index is -0.445. The number of aryl methyl sites for hydroxylation is 2. The fourth-order valence-corrected chi connectivity index (χ4v) is 3.50. The van der Waals surface area contributed by atoms with Gasteiger partial charge in [-0.15, -0.1) is 0 Å². The molecule has 3 aromatic heterocycles. The molecule has 164 valence electrons. The zero-order valence-corrected chi connectivity index (χ0v) is 18.2. The van der Waals surface area contributed by atoms with E-state index in [1.807, 2.05) is 6.92 Å². The topological polar surface area (TPSA) is 93.4 Å². The van der Waals surface area contributed by atoms with E-state index < -0.39 is 11.2 Å². The summed E-state index contributed by atoms with van der Waals surface area (Å²) in [6.07, 6.45) is 1.50. The van der Waals surface area contributed by atoms with Gasteiger partial charge in [0.2, 0.25) is 0 Å². The summed E-state index contributed by atoms with van der Waals surface area (Å²) in [5, 5.41) is 0. The lowest BCUT2D eigenvalue weighted by atomic mass is 10.2. The molecular formula is C23H22N4O5. The van der Waals surface area contributed by atoms with Gasteiger partial charge in [0.25, 0.3) is 5.56 Å². The molecule has 0 saturated carbocycles. The van der Waals surface area contributed by atoms with Crippen LogP contribution in [0.15, 0.2) is 50.6 Å². The summed E-state index contributed by atoms with van der Waals surface area (Å²) >= 11 is 0. The normalized spacial score (nSPS) is 10.8. The number of ether oxygens (including phenoxy) is 2. The lowest BCUT2D eigenvalue weighted by Crippen LogP contribution is -2.40. The molecule has 4 aromatic rings. The van der Waals surface area contributed by atoms with Crippen LogP contribution in [0.4, 0.5) is 0 Å². The van der Waals surface area contributed by atoms with Crippen LogP contribution in [0, 0.1) is 11.8 Å². The van der Waals surface area contributed by atoms with Gasteiger partial charge < -0.3 is 18.5 Å². The number of furan rings is 1. The molecule has 9 heteroatoms. The van der Waals surface area contributed by atoms with Crippen molar-refractivity contribution in [3.8, 4) is 23.3 Å². The Balaban J connectivity index is 1.85. The van der Waals surface area contributed by atoms with Crippen molar-refractivity contribution in [2.24, 2.45) is 7.05 Å². The first kappa shape index (κ1) is 21.1. The van der Waals surface area contributed by atoms with E-state index in [0.29, 0.717) is 46.4 Å². The first-order chi connectivity index (χ1) is 15.5. The Hall–Kier alpha value is -4.19. The van der Waals surface area contributed by atoms with E-state index in [4.69, 9.17) is 13.9 Å². The van der Waals surface area contributed by atoms with Gasteiger partial charge in [-0.1, -0.05) is 5.92 Å². The maximum absolute atomic E-state index is 13.2. The molecule has 0 aliphatic rings. The van der Waals surface area contributed by atoms with Gasteiger partial charge in [-0.05, 0) is 43.2 Å². The van der Waals surface area contributed by atoms with Crippen molar-refractivity contribution in [3.05, 3.63) is 74.6 Å². The molecule has 0 saturated heterocycles. The van der Waals surface area contributed by atoms with Crippen molar-refractivity contribution < 1.29 is 13.9 Å². The van der Waals surface area contributed by atoms with E-state index in [9.17, 15) is 9.59 Å². The molecule has 3 heterocycles. The standard InChI is InChI=1S/C23H22N4O5/c1-5-26-21-20(22(28)27(23(26)29)14-16-7-6-12-32-16)25(2)19(24-21)11-9-15-8-10-17(30-3)18(13-15)31-4/h6-8,10,12-13H,5,14H2,1-4H3. The van der Waals surface area contributed by atoms with Gasteiger partial charge in [-0.2, -0.15) is 0 Å². The van der Waals surface area contributed by atoms with E-state index in [0.717, 1.165) is 4.57 Å². The number of rotatable bonds is 5. The fourth-order valence-electron chi connectivity index (χ4n) is 3.50. The SMILES string of the molecule is CCn1c(=O)n(Cc2ccco2)c(=O)c2c1nc(C#Cc1ccc(OC)c(OC)c1)n2C. The number of methoxy groups -OCH3 is 2. The molecule has 0 radical (unpaired) electrons. The fraction of sp³-hybridized carbons (Fsp3) is 0.261. The molecule has 9 nitrogen and oxygen atoms in total. The molecule has 0 amide bonds. The molecule has 0 N–H and O–H groups in total. The van der Waals surface area contributed by atoms with Crippen LogP contribution in [-0.2, 0) is 20.1 Å². The highest BCUT2D eigenvalue weighted by molar-refractivity contribution is 5.72. The van der Waals surface area contributed by atoms with Crippen LogP contribution < -0.4 is 20.7 Å². The van der Waals surface area contributed by atoms with Crippen LogP contribution in [0.1, 0.15) is 24.1 Å². The van der Waals surface area contributed by atoms with Crippen molar-refractivity contribution in [2.45, 2.75) is 20.0 Å². The first-order valence-corrected chi connectivity index (χ1v) is 9.95. The van der Waals surface area contributed by atoms with Crippen LogP contribution in [0.5, 0.6) is 11.5 Å². The Morgan fingerprint density at radius 2 is 1.84 bits per heavy atom. The molecule has 4 rings (SSSR count). The van der Waals surface area contributed by atoms with Crippen LogP contribution >= 0.6 is 0 Å². The Labute approximate surface area is 183 Å². The van der Waals surface area contributed by atoms with Crippen molar-refractivity contribution in [1.29, 1.82) is 0 Å². The first-order valence-electron chi connectivity index (χ1n) is 9.95. The highest BCUT2D eigenvalue weighted by Gasteiger charge is 2.19. The molecular weight excluding hydrogens is 412 g/mol. The lowest BCUT2D eigenvalue weighted by Gasteiger charge is -2.09. The van der Waals surface area contributed by atoms with Gasteiger partial charge >= 0.3 is 5.69 Å². The Morgan fingerprint density at radius 3 is 2.50 bits per heavy atom. The van der Waals surface area contributed by atoms with Crippen LogP contribution in [-0.4, -0.2) is 32.9 Å². The number of benzene rings is 1. The molecule has 0 unspecified atom stereocenters. The van der Waals surface area contributed by atoms with Crippen LogP contribution in [0.25, 0.3) is 11.2 Å². The maximum Gasteiger partial charge on any atom is 0.333 e. The molecule has 0 aliphatic heterocycles. The second-order valence-corrected chi connectivity index (χ2v) is 6.98. The summed E-state index contributed by atoms with van der Waals surface area (Å²) in [6, 6.07) is 8.75. The minimum Gasteiger partial charge on any atom is -0.493 e.